The van der Waals surface area contributed by atoms with E-state index in [1.807, 2.05) is 0 Å². The molecule has 0 amide bonds. The highest BCUT2D eigenvalue weighted by Gasteiger charge is 2.18. The fraction of sp³-hybridized carbons (Fsp3) is 0.538. The predicted molar refractivity (Wildman–Crippen MR) is 67.1 cm³/mol. The van der Waals surface area contributed by atoms with E-state index in [-0.39, 0.29) is 11.9 Å². The van der Waals surface area contributed by atoms with E-state index < -0.39 is 0 Å². The molecule has 1 heterocycles. The molecule has 2 rings (SSSR count). The van der Waals surface area contributed by atoms with Crippen LogP contribution in [0.5, 0.6) is 5.75 Å². The number of nitrogens with two attached hydrogens (primary N) is 1. The van der Waals surface area contributed by atoms with Crippen LogP contribution in [-0.4, -0.2) is 50.4 Å². The largest absolute Gasteiger partial charge is 0.489 e. The number of benzene rings is 1. The van der Waals surface area contributed by atoms with Crippen LogP contribution in [0.3, 0.4) is 0 Å². The molecular formula is C13H19FN2O2. The summed E-state index contributed by atoms with van der Waals surface area (Å²) in [5.74, 6) is -0.0135. The molecule has 1 aliphatic rings. The van der Waals surface area contributed by atoms with Crippen molar-refractivity contribution in [2.75, 3.05) is 39.4 Å². The Bertz CT molecular complexity index is 376. The van der Waals surface area contributed by atoms with Gasteiger partial charge < -0.3 is 15.2 Å². The van der Waals surface area contributed by atoms with Crippen LogP contribution in [0.4, 0.5) is 4.39 Å². The van der Waals surface area contributed by atoms with Crippen molar-refractivity contribution in [1.82, 2.24) is 4.90 Å². The number of ether oxygens (including phenoxy) is 2. The maximum absolute atomic E-state index is 13.3. The van der Waals surface area contributed by atoms with Crippen molar-refractivity contribution in [3.63, 3.8) is 0 Å². The van der Waals surface area contributed by atoms with Gasteiger partial charge in [0.1, 0.15) is 6.61 Å². The molecule has 0 aliphatic carbocycles. The SMILES string of the molecule is NCC1CN(CCOc2ccccc2F)CCO1. The Morgan fingerprint density at radius 3 is 3.06 bits per heavy atom. The second kappa shape index (κ2) is 6.68. The summed E-state index contributed by atoms with van der Waals surface area (Å²) >= 11 is 0. The van der Waals surface area contributed by atoms with Crippen LogP contribution in [-0.2, 0) is 4.74 Å². The molecule has 4 nitrogen and oxygen atoms in total. The highest BCUT2D eigenvalue weighted by Crippen LogP contribution is 2.15. The highest BCUT2D eigenvalue weighted by atomic mass is 19.1. The average molecular weight is 254 g/mol. The van der Waals surface area contributed by atoms with E-state index in [1.165, 1.54) is 6.07 Å². The minimum absolute atomic E-state index is 0.104. The van der Waals surface area contributed by atoms with Crippen molar-refractivity contribution in [2.45, 2.75) is 6.10 Å². The molecule has 1 aromatic carbocycles. The summed E-state index contributed by atoms with van der Waals surface area (Å²) in [6, 6.07) is 6.44. The fourth-order valence-electron chi connectivity index (χ4n) is 1.97. The molecule has 100 valence electrons. The molecule has 2 N–H and O–H groups in total. The normalized spacial score (nSPS) is 20.9. The zero-order valence-corrected chi connectivity index (χ0v) is 10.3. The zero-order valence-electron chi connectivity index (χ0n) is 10.3. The Morgan fingerprint density at radius 1 is 1.44 bits per heavy atom. The van der Waals surface area contributed by atoms with Gasteiger partial charge in [-0.2, -0.15) is 0 Å². The molecule has 0 saturated carbocycles. The first-order valence-electron chi connectivity index (χ1n) is 6.21. The number of para-hydroxylation sites is 1. The minimum Gasteiger partial charge on any atom is -0.489 e. The van der Waals surface area contributed by atoms with Gasteiger partial charge in [-0.25, -0.2) is 4.39 Å². The van der Waals surface area contributed by atoms with E-state index >= 15 is 0 Å². The average Bonchev–Trinajstić information content (AvgIpc) is 2.41. The molecule has 1 fully saturated rings. The second-order valence-corrected chi connectivity index (χ2v) is 4.31. The lowest BCUT2D eigenvalue weighted by molar-refractivity contribution is -0.0262. The van der Waals surface area contributed by atoms with Crippen molar-refractivity contribution in [1.29, 1.82) is 0 Å². The van der Waals surface area contributed by atoms with E-state index in [1.54, 1.807) is 18.2 Å². The number of morpholine rings is 1. The van der Waals surface area contributed by atoms with Crippen LogP contribution in [0.25, 0.3) is 0 Å². The van der Waals surface area contributed by atoms with Gasteiger partial charge in [0.15, 0.2) is 11.6 Å². The Kier molecular flexibility index (Phi) is 4.92. The first kappa shape index (κ1) is 13.3. The molecule has 1 saturated heterocycles. The summed E-state index contributed by atoms with van der Waals surface area (Å²) in [6.45, 7) is 4.15. The molecular weight excluding hydrogens is 235 g/mol. The van der Waals surface area contributed by atoms with Crippen molar-refractivity contribution in [2.24, 2.45) is 5.73 Å². The van der Waals surface area contributed by atoms with Crippen LogP contribution in [0.2, 0.25) is 0 Å². The molecule has 1 atom stereocenters. The molecule has 18 heavy (non-hydrogen) atoms. The molecule has 1 aliphatic heterocycles. The molecule has 0 spiro atoms. The summed E-state index contributed by atoms with van der Waals surface area (Å²) in [6.07, 6.45) is 0.104. The Morgan fingerprint density at radius 2 is 2.28 bits per heavy atom. The van der Waals surface area contributed by atoms with Crippen LogP contribution in [0.15, 0.2) is 24.3 Å². The van der Waals surface area contributed by atoms with Gasteiger partial charge in [0.25, 0.3) is 0 Å². The van der Waals surface area contributed by atoms with Gasteiger partial charge >= 0.3 is 0 Å². The van der Waals surface area contributed by atoms with E-state index in [0.717, 1.165) is 19.6 Å². The molecule has 1 aromatic rings. The summed E-state index contributed by atoms with van der Waals surface area (Å²) in [4.78, 5) is 2.22. The number of rotatable bonds is 5. The van der Waals surface area contributed by atoms with Crippen LogP contribution < -0.4 is 10.5 Å². The topological polar surface area (TPSA) is 47.7 Å². The third-order valence-electron chi connectivity index (χ3n) is 2.99. The highest BCUT2D eigenvalue weighted by molar-refractivity contribution is 5.23. The van der Waals surface area contributed by atoms with Crippen molar-refractivity contribution < 1.29 is 13.9 Å². The fourth-order valence-corrected chi connectivity index (χ4v) is 1.97. The molecule has 0 aromatic heterocycles. The number of nitrogens with zero attached hydrogens (tertiary/aromatic N) is 1. The standard InChI is InChI=1S/C13H19FN2O2/c14-12-3-1-2-4-13(12)18-8-6-16-5-7-17-11(9-15)10-16/h1-4,11H,5-10,15H2. The molecule has 0 bridgehead atoms. The van der Waals surface area contributed by atoms with E-state index in [4.69, 9.17) is 15.2 Å². The smallest absolute Gasteiger partial charge is 0.165 e. The molecule has 5 heteroatoms. The first-order chi connectivity index (χ1) is 8.79. The lowest BCUT2D eigenvalue weighted by Gasteiger charge is -2.32. The van der Waals surface area contributed by atoms with Gasteiger partial charge in [-0.3, -0.25) is 4.90 Å². The Hall–Kier alpha value is -1.17. The van der Waals surface area contributed by atoms with Crippen molar-refractivity contribution in [3.8, 4) is 5.75 Å². The van der Waals surface area contributed by atoms with Crippen LogP contribution >= 0.6 is 0 Å². The van der Waals surface area contributed by atoms with Gasteiger partial charge in [-0.15, -0.1) is 0 Å². The predicted octanol–water partition coefficient (Wildman–Crippen LogP) is 0.864. The lowest BCUT2D eigenvalue weighted by atomic mass is 10.3. The Balaban J connectivity index is 1.73. The quantitative estimate of drug-likeness (QED) is 0.847. The second-order valence-electron chi connectivity index (χ2n) is 4.31. The van der Waals surface area contributed by atoms with E-state index in [2.05, 4.69) is 4.90 Å². The zero-order chi connectivity index (χ0) is 12.8. The summed E-state index contributed by atoms with van der Waals surface area (Å²) in [5, 5.41) is 0. The lowest BCUT2D eigenvalue weighted by Crippen LogP contribution is -2.46. The van der Waals surface area contributed by atoms with Gasteiger partial charge in [-0.1, -0.05) is 12.1 Å². The third-order valence-corrected chi connectivity index (χ3v) is 2.99. The van der Waals surface area contributed by atoms with Crippen molar-refractivity contribution >= 4 is 0 Å². The minimum atomic E-state index is -0.320. The van der Waals surface area contributed by atoms with Crippen LogP contribution in [0.1, 0.15) is 0 Å². The number of hydrogen-bond acceptors (Lipinski definition) is 4. The molecule has 0 radical (unpaired) electrons. The summed E-state index contributed by atoms with van der Waals surface area (Å²) < 4.78 is 24.2. The van der Waals surface area contributed by atoms with Gasteiger partial charge in [0.05, 0.1) is 12.7 Å². The van der Waals surface area contributed by atoms with Gasteiger partial charge in [0, 0.05) is 26.2 Å². The monoisotopic (exact) mass is 254 g/mol. The summed E-state index contributed by atoms with van der Waals surface area (Å²) in [5.41, 5.74) is 5.57. The third kappa shape index (κ3) is 3.66. The molecule has 1 unspecified atom stereocenters. The van der Waals surface area contributed by atoms with Gasteiger partial charge in [-0.05, 0) is 12.1 Å². The maximum atomic E-state index is 13.3. The summed E-state index contributed by atoms with van der Waals surface area (Å²) in [7, 11) is 0. The van der Waals surface area contributed by atoms with E-state index in [9.17, 15) is 4.39 Å². The Labute approximate surface area is 106 Å². The van der Waals surface area contributed by atoms with Crippen molar-refractivity contribution in [3.05, 3.63) is 30.1 Å². The van der Waals surface area contributed by atoms with Gasteiger partial charge in [0.2, 0.25) is 0 Å². The van der Waals surface area contributed by atoms with Crippen LogP contribution in [0, 0.1) is 5.82 Å². The number of hydrogen-bond donors (Lipinski definition) is 1. The van der Waals surface area contributed by atoms with E-state index in [0.29, 0.717) is 25.5 Å². The number of halogens is 1. The maximum Gasteiger partial charge on any atom is 0.165 e. The first-order valence-corrected chi connectivity index (χ1v) is 6.21.